The Labute approximate surface area is 214 Å². The molecule has 1 aliphatic rings. The highest BCUT2D eigenvalue weighted by molar-refractivity contribution is 7.12. The lowest BCUT2D eigenvalue weighted by molar-refractivity contribution is -0.118. The maximum Gasteiger partial charge on any atom is 0.407 e. The van der Waals surface area contributed by atoms with Crippen molar-refractivity contribution in [1.29, 1.82) is 5.26 Å². The molecule has 1 unspecified atom stereocenters. The molecule has 1 amide bonds. The molecule has 188 valence electrons. The number of carbonyl (C=O) groups is 2. The molecular weight excluding hydrogens is 478 g/mol. The van der Waals surface area contributed by atoms with E-state index in [0.29, 0.717) is 30.8 Å². The standard InChI is InChI=1S/C27H29N3O5S/c1-17-10-22(35-30-17)15-29-27(32)34-16-19-7-9-23-24(14-28)26(36-25(23)12-19)13-20(31)8-6-18-4-3-5-21(11-18)33-2/h3-5,10-11,19H,6-9,12-13,15-16H2,1-2H3,(H,29,32). The minimum Gasteiger partial charge on any atom is -0.497 e. The molecule has 9 heteroatoms. The van der Waals surface area contributed by atoms with Gasteiger partial charge in [-0.3, -0.25) is 4.79 Å². The molecule has 1 aromatic carbocycles. The van der Waals surface area contributed by atoms with Crippen molar-refractivity contribution in [1.82, 2.24) is 10.5 Å². The van der Waals surface area contributed by atoms with E-state index in [1.807, 2.05) is 31.2 Å². The van der Waals surface area contributed by atoms with Crippen molar-refractivity contribution in [3.8, 4) is 11.8 Å². The quantitative estimate of drug-likeness (QED) is 0.423. The van der Waals surface area contributed by atoms with E-state index < -0.39 is 6.09 Å². The molecule has 8 nitrogen and oxygen atoms in total. The number of amides is 1. The number of carbonyl (C=O) groups excluding carboxylic acids is 2. The zero-order valence-corrected chi connectivity index (χ0v) is 21.3. The van der Waals surface area contributed by atoms with Gasteiger partial charge in [-0.1, -0.05) is 17.3 Å². The zero-order chi connectivity index (χ0) is 25.5. The zero-order valence-electron chi connectivity index (χ0n) is 20.5. The van der Waals surface area contributed by atoms with Crippen LogP contribution < -0.4 is 10.1 Å². The number of ketones is 1. The first-order valence-electron chi connectivity index (χ1n) is 12.0. The van der Waals surface area contributed by atoms with Gasteiger partial charge < -0.3 is 19.3 Å². The smallest absolute Gasteiger partial charge is 0.407 e. The van der Waals surface area contributed by atoms with Gasteiger partial charge in [-0.25, -0.2) is 4.79 Å². The van der Waals surface area contributed by atoms with Crippen LogP contribution in [0.25, 0.3) is 0 Å². The van der Waals surface area contributed by atoms with Crippen molar-refractivity contribution in [2.24, 2.45) is 5.92 Å². The van der Waals surface area contributed by atoms with Crippen LogP contribution in [0.1, 0.15) is 50.7 Å². The first-order chi connectivity index (χ1) is 17.4. The molecule has 0 radical (unpaired) electrons. The minimum atomic E-state index is -0.499. The number of thiophene rings is 1. The second-order valence-electron chi connectivity index (χ2n) is 8.98. The number of hydrogen-bond donors (Lipinski definition) is 1. The minimum absolute atomic E-state index is 0.117. The fourth-order valence-corrected chi connectivity index (χ4v) is 5.84. The molecule has 3 aromatic rings. The maximum absolute atomic E-state index is 12.7. The first kappa shape index (κ1) is 25.5. The molecule has 0 saturated heterocycles. The Morgan fingerprint density at radius 3 is 2.94 bits per heavy atom. The number of aryl methyl sites for hydroxylation is 2. The lowest BCUT2D eigenvalue weighted by Gasteiger charge is -2.21. The van der Waals surface area contributed by atoms with Crippen LogP contribution in [0, 0.1) is 24.2 Å². The summed E-state index contributed by atoms with van der Waals surface area (Å²) in [5.41, 5.74) is 3.52. The maximum atomic E-state index is 12.7. The average molecular weight is 508 g/mol. The molecule has 1 atom stereocenters. The Hall–Kier alpha value is -3.64. The van der Waals surface area contributed by atoms with Gasteiger partial charge in [0.05, 0.1) is 31.5 Å². The number of ether oxygens (including phenoxy) is 2. The normalized spacial score (nSPS) is 14.5. The summed E-state index contributed by atoms with van der Waals surface area (Å²) in [5.74, 6) is 1.64. The predicted molar refractivity (Wildman–Crippen MR) is 134 cm³/mol. The van der Waals surface area contributed by atoms with E-state index in [4.69, 9.17) is 14.0 Å². The van der Waals surface area contributed by atoms with Crippen LogP contribution in [0.2, 0.25) is 0 Å². The topological polar surface area (TPSA) is 114 Å². The molecule has 1 N–H and O–H groups in total. The van der Waals surface area contributed by atoms with Crippen molar-refractivity contribution in [2.45, 2.75) is 52.0 Å². The van der Waals surface area contributed by atoms with Crippen LogP contribution in [0.3, 0.4) is 0 Å². The summed E-state index contributed by atoms with van der Waals surface area (Å²) in [4.78, 5) is 26.7. The van der Waals surface area contributed by atoms with Gasteiger partial charge in [0.2, 0.25) is 0 Å². The highest BCUT2D eigenvalue weighted by Gasteiger charge is 2.27. The van der Waals surface area contributed by atoms with Gasteiger partial charge in [0.1, 0.15) is 17.6 Å². The molecule has 4 rings (SSSR count). The largest absolute Gasteiger partial charge is 0.497 e. The second kappa shape index (κ2) is 11.9. The third-order valence-electron chi connectivity index (χ3n) is 6.27. The number of benzene rings is 1. The lowest BCUT2D eigenvalue weighted by Crippen LogP contribution is -2.27. The first-order valence-corrected chi connectivity index (χ1v) is 12.8. The van der Waals surface area contributed by atoms with Crippen LogP contribution in [-0.2, 0) is 41.8 Å². The van der Waals surface area contributed by atoms with Gasteiger partial charge in [0.15, 0.2) is 5.76 Å². The van der Waals surface area contributed by atoms with Gasteiger partial charge >= 0.3 is 6.09 Å². The number of rotatable bonds is 10. The summed E-state index contributed by atoms with van der Waals surface area (Å²) < 4.78 is 15.7. The Morgan fingerprint density at radius 2 is 2.19 bits per heavy atom. The van der Waals surface area contributed by atoms with E-state index in [-0.39, 0.29) is 24.7 Å². The molecule has 0 saturated carbocycles. The number of fused-ring (bicyclic) bond motifs is 1. The number of nitrogens with zero attached hydrogens (tertiary/aromatic N) is 2. The van der Waals surface area contributed by atoms with Gasteiger partial charge in [-0.15, -0.1) is 11.3 Å². The molecule has 0 fully saturated rings. The van der Waals surface area contributed by atoms with Crippen LogP contribution in [-0.4, -0.2) is 30.7 Å². The summed E-state index contributed by atoms with van der Waals surface area (Å²) in [7, 11) is 1.62. The van der Waals surface area contributed by atoms with Crippen LogP contribution >= 0.6 is 11.3 Å². The number of aromatic nitrogens is 1. The summed E-state index contributed by atoms with van der Waals surface area (Å²) in [6.07, 6.45) is 3.15. The van der Waals surface area contributed by atoms with Crippen molar-refractivity contribution in [2.75, 3.05) is 13.7 Å². The van der Waals surface area contributed by atoms with Gasteiger partial charge in [-0.05, 0) is 61.8 Å². The summed E-state index contributed by atoms with van der Waals surface area (Å²) in [6.45, 7) is 2.34. The van der Waals surface area contributed by atoms with E-state index in [1.165, 1.54) is 0 Å². The monoisotopic (exact) mass is 507 g/mol. The molecule has 36 heavy (non-hydrogen) atoms. The number of alkyl carbamates (subject to hydrolysis) is 1. The SMILES string of the molecule is COc1cccc(CCC(=O)Cc2sc3c(c2C#N)CCC(COC(=O)NCc2cc(C)no2)C3)c1. The van der Waals surface area contributed by atoms with Crippen LogP contribution in [0.5, 0.6) is 5.75 Å². The third-order valence-corrected chi connectivity index (χ3v) is 7.52. The summed E-state index contributed by atoms with van der Waals surface area (Å²) in [5, 5.41) is 16.2. The van der Waals surface area contributed by atoms with Gasteiger partial charge in [0.25, 0.3) is 0 Å². The summed E-state index contributed by atoms with van der Waals surface area (Å²) in [6, 6.07) is 11.8. The highest BCUT2D eigenvalue weighted by atomic mass is 32.1. The second-order valence-corrected chi connectivity index (χ2v) is 10.2. The van der Waals surface area contributed by atoms with Crippen molar-refractivity contribution >= 4 is 23.2 Å². The number of nitriles is 1. The van der Waals surface area contributed by atoms with E-state index in [1.54, 1.807) is 24.5 Å². The molecule has 0 bridgehead atoms. The van der Waals surface area contributed by atoms with Crippen molar-refractivity contribution < 1.29 is 23.6 Å². The number of hydrogen-bond acceptors (Lipinski definition) is 8. The van der Waals surface area contributed by atoms with E-state index in [2.05, 4.69) is 16.5 Å². The molecule has 2 aromatic heterocycles. The average Bonchev–Trinajstić information content (AvgIpc) is 3.46. The molecule has 0 aliphatic heterocycles. The van der Waals surface area contributed by atoms with Gasteiger partial charge in [-0.2, -0.15) is 5.26 Å². The lowest BCUT2D eigenvalue weighted by atomic mass is 9.87. The molecule has 0 spiro atoms. The number of Topliss-reactive ketones (excluding diaryl/α,β-unsaturated/α-hetero) is 1. The molecule has 1 aliphatic carbocycles. The molecule has 2 heterocycles. The van der Waals surface area contributed by atoms with Crippen molar-refractivity contribution in [3.05, 3.63) is 68.2 Å². The van der Waals surface area contributed by atoms with Crippen LogP contribution in [0.15, 0.2) is 34.9 Å². The molecular formula is C27H29N3O5S. The van der Waals surface area contributed by atoms with Crippen LogP contribution in [0.4, 0.5) is 4.79 Å². The van der Waals surface area contributed by atoms with E-state index in [9.17, 15) is 14.9 Å². The Bertz CT molecular complexity index is 1270. The highest BCUT2D eigenvalue weighted by Crippen LogP contribution is 2.37. The fraction of sp³-hybridized carbons (Fsp3) is 0.407. The fourth-order valence-electron chi connectivity index (χ4n) is 4.39. The number of methoxy groups -OCH3 is 1. The predicted octanol–water partition coefficient (Wildman–Crippen LogP) is 4.70. The Morgan fingerprint density at radius 1 is 1.33 bits per heavy atom. The Balaban J connectivity index is 1.28. The third kappa shape index (κ3) is 6.52. The Kier molecular flexibility index (Phi) is 8.39. The number of nitrogens with one attached hydrogen (secondary N) is 1. The van der Waals surface area contributed by atoms with E-state index >= 15 is 0 Å². The van der Waals surface area contributed by atoms with Gasteiger partial charge in [0, 0.05) is 28.7 Å². The van der Waals surface area contributed by atoms with E-state index in [0.717, 1.165) is 51.6 Å². The van der Waals surface area contributed by atoms with Crippen molar-refractivity contribution in [3.63, 3.8) is 0 Å². The summed E-state index contributed by atoms with van der Waals surface area (Å²) >= 11 is 1.55.